The van der Waals surface area contributed by atoms with Crippen molar-refractivity contribution in [3.63, 3.8) is 0 Å². The largest absolute Gasteiger partial charge is 0.384 e. The first-order chi connectivity index (χ1) is 7.42. The van der Waals surface area contributed by atoms with Crippen molar-refractivity contribution in [3.8, 4) is 0 Å². The van der Waals surface area contributed by atoms with Crippen LogP contribution >= 0.6 is 0 Å². The molecule has 0 aliphatic carbocycles. The van der Waals surface area contributed by atoms with Crippen LogP contribution in [0, 0.1) is 0 Å². The minimum Gasteiger partial charge on any atom is -0.384 e. The van der Waals surface area contributed by atoms with Crippen LogP contribution in [-0.2, 0) is 10.0 Å². The van der Waals surface area contributed by atoms with E-state index in [2.05, 4.69) is 15.3 Å². The lowest BCUT2D eigenvalue weighted by Crippen LogP contribution is -2.28. The molecule has 0 amide bonds. The maximum atomic E-state index is 11.4. The minimum absolute atomic E-state index is 0.00388. The van der Waals surface area contributed by atoms with Crippen molar-refractivity contribution in [1.82, 2.24) is 14.3 Å². The zero-order chi connectivity index (χ0) is 12.2. The van der Waals surface area contributed by atoms with Crippen LogP contribution in [0.2, 0.25) is 0 Å². The number of aromatic nitrogens is 2. The van der Waals surface area contributed by atoms with Crippen molar-refractivity contribution in [2.75, 3.05) is 37.4 Å². The molecular formula is C8H15N5O2S. The molecule has 0 radical (unpaired) electrons. The Hall–Kier alpha value is -1.41. The highest BCUT2D eigenvalue weighted by atomic mass is 32.2. The van der Waals surface area contributed by atoms with Crippen molar-refractivity contribution in [2.45, 2.75) is 0 Å². The molecule has 16 heavy (non-hydrogen) atoms. The van der Waals surface area contributed by atoms with Gasteiger partial charge in [0.15, 0.2) is 0 Å². The van der Waals surface area contributed by atoms with Gasteiger partial charge in [-0.2, -0.15) is 0 Å². The van der Waals surface area contributed by atoms with E-state index in [0.717, 1.165) is 0 Å². The topological polar surface area (TPSA) is 101 Å². The molecule has 0 aliphatic rings. The van der Waals surface area contributed by atoms with Crippen LogP contribution in [0.4, 0.5) is 11.6 Å². The summed E-state index contributed by atoms with van der Waals surface area (Å²) in [6.45, 7) is 0.275. The van der Waals surface area contributed by atoms with E-state index in [1.165, 1.54) is 24.7 Å². The summed E-state index contributed by atoms with van der Waals surface area (Å²) in [5, 5.41) is 2.86. The first-order valence-corrected chi connectivity index (χ1v) is 6.24. The van der Waals surface area contributed by atoms with Gasteiger partial charge in [0.2, 0.25) is 10.0 Å². The number of nitrogen functional groups attached to an aromatic ring is 1. The third kappa shape index (κ3) is 3.63. The summed E-state index contributed by atoms with van der Waals surface area (Å²) in [7, 11) is -0.186. The highest BCUT2D eigenvalue weighted by Gasteiger charge is 2.12. The molecule has 3 N–H and O–H groups in total. The third-order valence-corrected chi connectivity index (χ3v) is 3.74. The summed E-state index contributed by atoms with van der Waals surface area (Å²) in [6.07, 6.45) is 1.32. The number of sulfonamides is 1. The monoisotopic (exact) mass is 245 g/mol. The SMILES string of the molecule is CN(C)S(=O)(=O)CCNc1cc(N)ncn1. The van der Waals surface area contributed by atoms with Gasteiger partial charge in [-0.1, -0.05) is 0 Å². The van der Waals surface area contributed by atoms with Crippen molar-refractivity contribution in [1.29, 1.82) is 0 Å². The number of rotatable bonds is 5. The van der Waals surface area contributed by atoms with Gasteiger partial charge < -0.3 is 11.1 Å². The quantitative estimate of drug-likeness (QED) is 0.715. The van der Waals surface area contributed by atoms with Gasteiger partial charge in [-0.3, -0.25) is 0 Å². The number of hydrogen-bond donors (Lipinski definition) is 2. The van der Waals surface area contributed by atoms with Crippen LogP contribution in [-0.4, -0.2) is 49.1 Å². The molecule has 90 valence electrons. The maximum absolute atomic E-state index is 11.4. The predicted octanol–water partition coefficient (Wildman–Crippen LogP) is -0.638. The van der Waals surface area contributed by atoms with Crippen molar-refractivity contribution in [2.24, 2.45) is 0 Å². The molecule has 0 atom stereocenters. The summed E-state index contributed by atoms with van der Waals surface area (Å²) in [5.41, 5.74) is 5.45. The van der Waals surface area contributed by atoms with Gasteiger partial charge in [0.1, 0.15) is 18.0 Å². The molecular weight excluding hydrogens is 230 g/mol. The highest BCUT2D eigenvalue weighted by molar-refractivity contribution is 7.89. The molecule has 7 nitrogen and oxygen atoms in total. The number of hydrogen-bond acceptors (Lipinski definition) is 6. The van der Waals surface area contributed by atoms with Crippen molar-refractivity contribution < 1.29 is 8.42 Å². The Balaban J connectivity index is 2.48. The predicted molar refractivity (Wildman–Crippen MR) is 62.4 cm³/mol. The molecule has 0 aromatic carbocycles. The molecule has 0 spiro atoms. The van der Waals surface area contributed by atoms with Gasteiger partial charge in [-0.15, -0.1) is 0 Å². The first-order valence-electron chi connectivity index (χ1n) is 4.63. The van der Waals surface area contributed by atoms with Crippen molar-refractivity contribution in [3.05, 3.63) is 12.4 Å². The fraction of sp³-hybridized carbons (Fsp3) is 0.500. The average molecular weight is 245 g/mol. The zero-order valence-corrected chi connectivity index (χ0v) is 10.0. The van der Waals surface area contributed by atoms with Gasteiger partial charge in [0.05, 0.1) is 5.75 Å². The molecule has 1 aromatic heterocycles. The number of nitrogens with two attached hydrogens (primary N) is 1. The molecule has 8 heteroatoms. The van der Waals surface area contributed by atoms with E-state index in [1.54, 1.807) is 6.07 Å². The normalized spacial score (nSPS) is 11.7. The highest BCUT2D eigenvalue weighted by Crippen LogP contribution is 2.04. The van der Waals surface area contributed by atoms with Gasteiger partial charge in [-0.05, 0) is 0 Å². The van der Waals surface area contributed by atoms with E-state index in [4.69, 9.17) is 5.73 Å². The summed E-state index contributed by atoms with van der Waals surface area (Å²) in [5.74, 6) is 0.860. The number of nitrogens with zero attached hydrogens (tertiary/aromatic N) is 3. The molecule has 1 rings (SSSR count). The van der Waals surface area contributed by atoms with E-state index < -0.39 is 10.0 Å². The molecule has 0 unspecified atom stereocenters. The molecule has 1 heterocycles. The Morgan fingerprint density at radius 1 is 1.44 bits per heavy atom. The van der Waals surface area contributed by atoms with Gasteiger partial charge in [0.25, 0.3) is 0 Å². The van der Waals surface area contributed by atoms with E-state index >= 15 is 0 Å². The molecule has 0 bridgehead atoms. The second-order valence-electron chi connectivity index (χ2n) is 3.35. The number of anilines is 2. The Bertz CT molecular complexity index is 445. The Morgan fingerprint density at radius 2 is 2.12 bits per heavy atom. The number of nitrogens with one attached hydrogen (secondary N) is 1. The first kappa shape index (κ1) is 12.7. The lowest BCUT2D eigenvalue weighted by molar-refractivity contribution is 0.521. The fourth-order valence-electron chi connectivity index (χ4n) is 0.960. The minimum atomic E-state index is -3.18. The standard InChI is InChI=1S/C8H15N5O2S/c1-13(2)16(14,15)4-3-10-8-5-7(9)11-6-12-8/h5-6H,3-4H2,1-2H3,(H3,9,10,11,12). The van der Waals surface area contributed by atoms with Crippen LogP contribution in [0.5, 0.6) is 0 Å². The summed E-state index contributed by atoms with van der Waals surface area (Å²) in [6, 6.07) is 1.54. The summed E-state index contributed by atoms with van der Waals surface area (Å²) < 4.78 is 24.0. The van der Waals surface area contributed by atoms with E-state index in [0.29, 0.717) is 11.6 Å². The average Bonchev–Trinajstić information content (AvgIpc) is 2.17. The lowest BCUT2D eigenvalue weighted by atomic mass is 10.5. The van der Waals surface area contributed by atoms with E-state index in [-0.39, 0.29) is 12.3 Å². The molecule has 1 aromatic rings. The Morgan fingerprint density at radius 3 is 2.69 bits per heavy atom. The van der Waals surface area contributed by atoms with Gasteiger partial charge in [0, 0.05) is 26.7 Å². The Kier molecular flexibility index (Phi) is 4.02. The smallest absolute Gasteiger partial charge is 0.215 e. The molecule has 0 saturated carbocycles. The molecule has 0 fully saturated rings. The van der Waals surface area contributed by atoms with E-state index in [9.17, 15) is 8.42 Å². The van der Waals surface area contributed by atoms with Crippen LogP contribution in [0.15, 0.2) is 12.4 Å². The molecule has 0 aliphatic heterocycles. The second kappa shape index (κ2) is 5.08. The van der Waals surface area contributed by atoms with Gasteiger partial charge in [-0.25, -0.2) is 22.7 Å². The van der Waals surface area contributed by atoms with E-state index in [1.807, 2.05) is 0 Å². The molecule has 0 saturated heterocycles. The van der Waals surface area contributed by atoms with Crippen LogP contribution in [0.3, 0.4) is 0 Å². The second-order valence-corrected chi connectivity index (χ2v) is 5.66. The van der Waals surface area contributed by atoms with Crippen LogP contribution in [0.25, 0.3) is 0 Å². The zero-order valence-electron chi connectivity index (χ0n) is 9.21. The maximum Gasteiger partial charge on any atom is 0.215 e. The third-order valence-electron chi connectivity index (χ3n) is 1.91. The Labute approximate surface area is 94.7 Å². The lowest BCUT2D eigenvalue weighted by Gasteiger charge is -2.11. The van der Waals surface area contributed by atoms with Gasteiger partial charge >= 0.3 is 0 Å². The fourth-order valence-corrected chi connectivity index (χ4v) is 1.68. The van der Waals surface area contributed by atoms with Crippen LogP contribution < -0.4 is 11.1 Å². The van der Waals surface area contributed by atoms with Crippen LogP contribution in [0.1, 0.15) is 0 Å². The summed E-state index contributed by atoms with van der Waals surface area (Å²) in [4.78, 5) is 7.62. The van der Waals surface area contributed by atoms with Crippen molar-refractivity contribution >= 4 is 21.7 Å². The summed E-state index contributed by atoms with van der Waals surface area (Å²) >= 11 is 0.